The molecule has 2 amide bonds. The molecule has 19 heavy (non-hydrogen) atoms. The summed E-state index contributed by atoms with van der Waals surface area (Å²) < 4.78 is 0. The zero-order valence-electron chi connectivity index (χ0n) is 12.2. The highest BCUT2D eigenvalue weighted by molar-refractivity contribution is 5.87. The molecule has 0 radical (unpaired) electrons. The van der Waals surface area contributed by atoms with Gasteiger partial charge in [0.25, 0.3) is 0 Å². The van der Waals surface area contributed by atoms with E-state index in [1.54, 1.807) is 11.9 Å². The molecule has 5 nitrogen and oxygen atoms in total. The van der Waals surface area contributed by atoms with Crippen molar-refractivity contribution in [1.29, 1.82) is 0 Å². The van der Waals surface area contributed by atoms with Gasteiger partial charge in [0.2, 0.25) is 11.8 Å². The van der Waals surface area contributed by atoms with E-state index in [-0.39, 0.29) is 18.4 Å². The summed E-state index contributed by atoms with van der Waals surface area (Å²) in [5.74, 6) is 0.285. The fourth-order valence-electron chi connectivity index (χ4n) is 2.49. The fraction of sp³-hybridized carbons (Fsp3) is 0.857. The summed E-state index contributed by atoms with van der Waals surface area (Å²) in [4.78, 5) is 25.0. The van der Waals surface area contributed by atoms with Crippen molar-refractivity contribution >= 4 is 11.8 Å². The van der Waals surface area contributed by atoms with Crippen molar-refractivity contribution in [2.24, 2.45) is 11.7 Å². The maximum atomic E-state index is 11.8. The highest BCUT2D eigenvalue weighted by Crippen LogP contribution is 2.26. The number of hydrogen-bond acceptors (Lipinski definition) is 3. The molecule has 0 bridgehead atoms. The summed E-state index contributed by atoms with van der Waals surface area (Å²) in [6.45, 7) is 2.58. The monoisotopic (exact) mass is 269 g/mol. The lowest BCUT2D eigenvalue weighted by Gasteiger charge is -2.24. The average Bonchev–Trinajstić information content (AvgIpc) is 2.44. The molecule has 0 spiro atoms. The highest BCUT2D eigenvalue weighted by Gasteiger charge is 2.21. The number of carbonyl (C=O) groups is 2. The van der Waals surface area contributed by atoms with Gasteiger partial charge in [-0.25, -0.2) is 0 Å². The van der Waals surface area contributed by atoms with Crippen molar-refractivity contribution in [3.8, 4) is 0 Å². The first-order valence-corrected chi connectivity index (χ1v) is 7.31. The predicted octanol–water partition coefficient (Wildman–Crippen LogP) is 0.879. The van der Waals surface area contributed by atoms with Crippen LogP contribution in [-0.2, 0) is 9.59 Å². The molecular formula is C14H27N3O2. The molecule has 0 aliphatic heterocycles. The standard InChI is InChI=1S/C14H27N3O2/c1-3-17(2)13(18)10-16-14(19)12(15)9-11-7-5-4-6-8-11/h11-12H,3-10,15H2,1-2H3,(H,16,19). The van der Waals surface area contributed by atoms with Crippen LogP contribution >= 0.6 is 0 Å². The van der Waals surface area contributed by atoms with Crippen LogP contribution in [0.2, 0.25) is 0 Å². The number of amides is 2. The molecule has 0 aromatic heterocycles. The molecule has 1 aliphatic rings. The van der Waals surface area contributed by atoms with Crippen LogP contribution in [0.25, 0.3) is 0 Å². The lowest BCUT2D eigenvalue weighted by molar-refractivity contribution is -0.132. The SMILES string of the molecule is CCN(C)C(=O)CNC(=O)C(N)CC1CCCCC1. The third kappa shape index (κ3) is 5.59. The molecular weight excluding hydrogens is 242 g/mol. The minimum Gasteiger partial charge on any atom is -0.346 e. The Kier molecular flexibility index (Phi) is 6.84. The molecule has 1 unspecified atom stereocenters. The number of nitrogens with one attached hydrogen (secondary N) is 1. The Bertz CT molecular complexity index is 301. The summed E-state index contributed by atoms with van der Waals surface area (Å²) in [7, 11) is 1.72. The first kappa shape index (κ1) is 16.0. The minimum atomic E-state index is -0.483. The van der Waals surface area contributed by atoms with Gasteiger partial charge in [0.15, 0.2) is 0 Å². The average molecular weight is 269 g/mol. The van der Waals surface area contributed by atoms with Crippen molar-refractivity contribution < 1.29 is 9.59 Å². The van der Waals surface area contributed by atoms with Gasteiger partial charge in [-0.1, -0.05) is 32.1 Å². The van der Waals surface area contributed by atoms with E-state index < -0.39 is 6.04 Å². The zero-order valence-corrected chi connectivity index (χ0v) is 12.2. The van der Waals surface area contributed by atoms with E-state index in [0.29, 0.717) is 12.5 Å². The Morgan fingerprint density at radius 1 is 1.32 bits per heavy atom. The molecule has 110 valence electrons. The van der Waals surface area contributed by atoms with Gasteiger partial charge in [0, 0.05) is 13.6 Å². The number of carbonyl (C=O) groups excluding carboxylic acids is 2. The first-order valence-electron chi connectivity index (χ1n) is 7.31. The number of nitrogens with two attached hydrogens (primary N) is 1. The maximum absolute atomic E-state index is 11.8. The van der Waals surface area contributed by atoms with E-state index in [1.807, 2.05) is 6.92 Å². The van der Waals surface area contributed by atoms with Gasteiger partial charge in [-0.3, -0.25) is 9.59 Å². The Morgan fingerprint density at radius 2 is 1.95 bits per heavy atom. The van der Waals surface area contributed by atoms with Crippen LogP contribution in [0.1, 0.15) is 45.4 Å². The summed E-state index contributed by atoms with van der Waals surface area (Å²) >= 11 is 0. The molecule has 5 heteroatoms. The van der Waals surface area contributed by atoms with Crippen LogP contribution in [0.5, 0.6) is 0 Å². The van der Waals surface area contributed by atoms with Crippen LogP contribution in [0.3, 0.4) is 0 Å². The van der Waals surface area contributed by atoms with Crippen LogP contribution < -0.4 is 11.1 Å². The van der Waals surface area contributed by atoms with Gasteiger partial charge < -0.3 is 16.0 Å². The third-order valence-electron chi connectivity index (χ3n) is 3.96. The quantitative estimate of drug-likeness (QED) is 0.751. The van der Waals surface area contributed by atoms with E-state index >= 15 is 0 Å². The Labute approximate surface area is 115 Å². The molecule has 1 aliphatic carbocycles. The van der Waals surface area contributed by atoms with Gasteiger partial charge in [-0.15, -0.1) is 0 Å². The lowest BCUT2D eigenvalue weighted by atomic mass is 9.85. The van der Waals surface area contributed by atoms with Crippen LogP contribution in [0.4, 0.5) is 0 Å². The Hall–Kier alpha value is -1.10. The van der Waals surface area contributed by atoms with Crippen LogP contribution in [-0.4, -0.2) is 42.9 Å². The van der Waals surface area contributed by atoms with Crippen molar-refractivity contribution in [2.45, 2.75) is 51.5 Å². The molecule has 1 atom stereocenters. The number of hydrogen-bond donors (Lipinski definition) is 2. The molecule has 0 aromatic rings. The normalized spacial score (nSPS) is 17.8. The minimum absolute atomic E-state index is 0.0432. The Balaban J connectivity index is 2.26. The van der Waals surface area contributed by atoms with E-state index in [4.69, 9.17) is 5.73 Å². The molecule has 1 saturated carbocycles. The molecule has 3 N–H and O–H groups in total. The van der Waals surface area contributed by atoms with Gasteiger partial charge in [0.05, 0.1) is 12.6 Å². The van der Waals surface area contributed by atoms with E-state index in [9.17, 15) is 9.59 Å². The highest BCUT2D eigenvalue weighted by atomic mass is 16.2. The summed E-state index contributed by atoms with van der Waals surface area (Å²) in [5.41, 5.74) is 5.91. The fourth-order valence-corrected chi connectivity index (χ4v) is 2.49. The molecule has 0 heterocycles. The zero-order chi connectivity index (χ0) is 14.3. The lowest BCUT2D eigenvalue weighted by Crippen LogP contribution is -2.46. The van der Waals surface area contributed by atoms with E-state index in [2.05, 4.69) is 5.32 Å². The number of likely N-dealkylation sites (N-methyl/N-ethyl adjacent to an activating group) is 1. The van der Waals surface area contributed by atoms with Gasteiger partial charge in [0.1, 0.15) is 0 Å². The number of rotatable bonds is 6. The number of nitrogens with zero attached hydrogens (tertiary/aromatic N) is 1. The van der Waals surface area contributed by atoms with Gasteiger partial charge in [-0.2, -0.15) is 0 Å². The van der Waals surface area contributed by atoms with Crippen molar-refractivity contribution in [3.05, 3.63) is 0 Å². The second-order valence-corrected chi connectivity index (χ2v) is 5.47. The van der Waals surface area contributed by atoms with E-state index in [1.165, 1.54) is 32.1 Å². The topological polar surface area (TPSA) is 75.4 Å². The largest absolute Gasteiger partial charge is 0.346 e. The van der Waals surface area contributed by atoms with Gasteiger partial charge >= 0.3 is 0 Å². The predicted molar refractivity (Wildman–Crippen MR) is 75.5 cm³/mol. The van der Waals surface area contributed by atoms with Crippen molar-refractivity contribution in [2.75, 3.05) is 20.1 Å². The van der Waals surface area contributed by atoms with Crippen molar-refractivity contribution in [1.82, 2.24) is 10.2 Å². The first-order chi connectivity index (χ1) is 9.04. The molecule has 0 saturated heterocycles. The molecule has 1 rings (SSSR count). The molecule has 1 fully saturated rings. The second-order valence-electron chi connectivity index (χ2n) is 5.47. The third-order valence-corrected chi connectivity index (χ3v) is 3.96. The summed E-state index contributed by atoms with van der Waals surface area (Å²) in [6, 6.07) is -0.483. The molecule has 0 aromatic carbocycles. The second kappa shape index (κ2) is 8.15. The maximum Gasteiger partial charge on any atom is 0.241 e. The van der Waals surface area contributed by atoms with Gasteiger partial charge in [-0.05, 0) is 19.3 Å². The Morgan fingerprint density at radius 3 is 2.53 bits per heavy atom. The van der Waals surface area contributed by atoms with E-state index in [0.717, 1.165) is 6.42 Å². The smallest absolute Gasteiger partial charge is 0.241 e. The summed E-state index contributed by atoms with van der Waals surface area (Å²) in [6.07, 6.45) is 6.90. The van der Waals surface area contributed by atoms with Crippen LogP contribution in [0, 0.1) is 5.92 Å². The van der Waals surface area contributed by atoms with Crippen molar-refractivity contribution in [3.63, 3.8) is 0 Å². The van der Waals surface area contributed by atoms with Crippen LogP contribution in [0.15, 0.2) is 0 Å². The summed E-state index contributed by atoms with van der Waals surface area (Å²) in [5, 5.41) is 2.63.